The van der Waals surface area contributed by atoms with Gasteiger partial charge in [-0.15, -0.1) is 0 Å². The molecular weight excluding hydrogens is 709 g/mol. The van der Waals surface area contributed by atoms with Crippen LogP contribution < -0.4 is 4.40 Å². The first-order valence-corrected chi connectivity index (χ1v) is 19.0. The number of rotatable bonds is 4. The number of carbonyl (C=O) groups is 1. The number of aliphatic hydroxyl groups excluding tert-OH is 1. The second-order valence-electron chi connectivity index (χ2n) is 9.80. The summed E-state index contributed by atoms with van der Waals surface area (Å²) in [6, 6.07) is 20.1. The van der Waals surface area contributed by atoms with E-state index in [-0.39, 0.29) is 42.8 Å². The summed E-state index contributed by atoms with van der Waals surface area (Å²) in [7, 11) is 0. The maximum Gasteiger partial charge on any atom is 0 e. The topological polar surface area (TPSA) is 50.2 Å². The summed E-state index contributed by atoms with van der Waals surface area (Å²) in [6.07, 6.45) is 2.33. The van der Waals surface area contributed by atoms with Crippen LogP contribution in [0.4, 0.5) is 8.78 Å². The second-order valence-corrected chi connectivity index (χ2v) is 20.5. The molecule has 0 unspecified atom stereocenters. The number of halogens is 2. The van der Waals surface area contributed by atoms with Gasteiger partial charge < -0.3 is 5.11 Å². The molecule has 195 valence electrons. The van der Waals surface area contributed by atoms with Gasteiger partial charge in [0.05, 0.1) is 5.76 Å². The fraction of sp³-hybridized carbons (Fsp3) is 0.200. The number of aliphatic hydroxyl groups is 1. The molecule has 0 saturated heterocycles. The Balaban J connectivity index is 0.000000532. The van der Waals surface area contributed by atoms with Gasteiger partial charge in [0.15, 0.2) is 5.78 Å². The molecule has 0 bridgehead atoms. The summed E-state index contributed by atoms with van der Waals surface area (Å²) >= 11 is -2.16. The van der Waals surface area contributed by atoms with E-state index in [1.54, 1.807) is 18.2 Å². The molecule has 0 aliphatic rings. The third kappa shape index (κ3) is 7.91. The molecule has 0 amide bonds. The molecular formula is C30H30F2GeIrNO2-. The number of carbonyl (C=O) groups excluding carboxylic acids is 1. The Hall–Kier alpha value is -2.67. The van der Waals surface area contributed by atoms with Gasteiger partial charge in [0.1, 0.15) is 0 Å². The van der Waals surface area contributed by atoms with Crippen molar-refractivity contribution >= 4 is 34.2 Å². The van der Waals surface area contributed by atoms with Gasteiger partial charge in [-0.1, -0.05) is 6.07 Å². The van der Waals surface area contributed by atoms with Crippen molar-refractivity contribution in [1.82, 2.24) is 4.98 Å². The Labute approximate surface area is 233 Å². The zero-order valence-electron chi connectivity index (χ0n) is 21.7. The summed E-state index contributed by atoms with van der Waals surface area (Å²) in [5, 5.41) is 10.5. The first-order chi connectivity index (χ1) is 16.9. The Bertz CT molecular complexity index is 1460. The van der Waals surface area contributed by atoms with Crippen molar-refractivity contribution in [2.75, 3.05) is 0 Å². The zero-order valence-corrected chi connectivity index (χ0v) is 26.2. The Kier molecular flexibility index (Phi) is 10.5. The second kappa shape index (κ2) is 12.7. The molecule has 3 nitrogen and oxygen atoms in total. The molecule has 7 heteroatoms. The average molecular weight is 739 g/mol. The van der Waals surface area contributed by atoms with E-state index in [4.69, 9.17) is 5.11 Å². The molecule has 4 rings (SSSR count). The maximum absolute atomic E-state index is 14.9. The van der Waals surface area contributed by atoms with Gasteiger partial charge in [-0.25, -0.2) is 0 Å². The summed E-state index contributed by atoms with van der Waals surface area (Å²) in [5.74, 6) is 5.63. The van der Waals surface area contributed by atoms with E-state index in [2.05, 4.69) is 28.3 Å². The number of aryl methyl sites for hydroxylation is 1. The van der Waals surface area contributed by atoms with Crippen LogP contribution >= 0.6 is 0 Å². The number of benzene rings is 3. The van der Waals surface area contributed by atoms with Crippen LogP contribution in [0, 0.1) is 24.6 Å². The van der Waals surface area contributed by atoms with Crippen molar-refractivity contribution in [3.63, 3.8) is 0 Å². The zero-order chi connectivity index (χ0) is 26.6. The van der Waals surface area contributed by atoms with Crippen LogP contribution in [0.3, 0.4) is 0 Å². The third-order valence-corrected chi connectivity index (χ3v) is 9.94. The molecule has 0 aliphatic heterocycles. The average Bonchev–Trinajstić information content (AvgIpc) is 2.78. The third-order valence-electron chi connectivity index (χ3n) is 5.65. The molecule has 1 aromatic heterocycles. The smallest absolute Gasteiger partial charge is 0 e. The number of hydrogen-bond donors (Lipinski definition) is 1. The van der Waals surface area contributed by atoms with Gasteiger partial charge in [-0.05, 0) is 13.8 Å². The number of allylic oxidation sites excluding steroid dienone is 2. The Morgan fingerprint density at radius 3 is 2.22 bits per heavy atom. The van der Waals surface area contributed by atoms with Crippen LogP contribution in [0.15, 0.2) is 72.6 Å². The minimum atomic E-state index is -2.16. The van der Waals surface area contributed by atoms with Gasteiger partial charge >= 0.3 is 167 Å². The van der Waals surface area contributed by atoms with Gasteiger partial charge in [-0.2, -0.15) is 0 Å². The summed E-state index contributed by atoms with van der Waals surface area (Å²) in [4.78, 5) is 14.3. The number of fused-ring (bicyclic) bond motifs is 1. The van der Waals surface area contributed by atoms with E-state index in [1.165, 1.54) is 19.9 Å². The fourth-order valence-corrected chi connectivity index (χ4v) is 6.23. The molecule has 3 aromatic carbocycles. The van der Waals surface area contributed by atoms with Crippen molar-refractivity contribution < 1.29 is 38.8 Å². The van der Waals surface area contributed by atoms with E-state index in [0.717, 1.165) is 32.5 Å². The quantitative estimate of drug-likeness (QED) is 0.102. The molecule has 1 heterocycles. The molecule has 1 radical (unpaired) electrons. The van der Waals surface area contributed by atoms with Crippen molar-refractivity contribution in [2.24, 2.45) is 0 Å². The SMILES string of the molecule is CC(=O)/C=C(/C)O.Cc1cc(-c2cc(-c3cc[c]([Ge]([CH3])([CH3])[CH3])cc3F)c(F)cn2)[c-]c2ccccc12.[Ir]. The van der Waals surface area contributed by atoms with E-state index in [1.807, 2.05) is 43.3 Å². The van der Waals surface area contributed by atoms with E-state index in [0.29, 0.717) is 5.69 Å². The minimum Gasteiger partial charge on any atom is 0 e. The number of aromatic nitrogens is 1. The first-order valence-electron chi connectivity index (χ1n) is 11.6. The van der Waals surface area contributed by atoms with E-state index >= 15 is 0 Å². The summed E-state index contributed by atoms with van der Waals surface area (Å²) in [6.45, 7) is 4.88. The fourth-order valence-electron chi connectivity index (χ4n) is 3.84. The van der Waals surface area contributed by atoms with Gasteiger partial charge in [0.25, 0.3) is 0 Å². The molecule has 0 fully saturated rings. The van der Waals surface area contributed by atoms with Crippen molar-refractivity contribution in [1.29, 1.82) is 0 Å². The molecule has 4 aromatic rings. The van der Waals surface area contributed by atoms with Crippen LogP contribution in [0.1, 0.15) is 19.4 Å². The Morgan fingerprint density at radius 1 is 0.973 bits per heavy atom. The molecule has 0 spiro atoms. The number of ketones is 1. The first kappa shape index (κ1) is 30.6. The number of nitrogens with zero attached hydrogens (tertiary/aromatic N) is 1. The molecule has 1 N–H and O–H groups in total. The molecule has 37 heavy (non-hydrogen) atoms. The van der Waals surface area contributed by atoms with Crippen LogP contribution in [0.25, 0.3) is 33.2 Å². The number of hydrogen-bond acceptors (Lipinski definition) is 3. The molecule has 0 atom stereocenters. The van der Waals surface area contributed by atoms with Crippen molar-refractivity contribution in [2.45, 2.75) is 38.0 Å². The predicted molar refractivity (Wildman–Crippen MR) is 146 cm³/mol. The van der Waals surface area contributed by atoms with Crippen LogP contribution in [0.5, 0.6) is 0 Å². The molecule has 0 saturated carbocycles. The van der Waals surface area contributed by atoms with E-state index in [9.17, 15) is 13.6 Å². The van der Waals surface area contributed by atoms with Gasteiger partial charge in [0.2, 0.25) is 0 Å². The summed E-state index contributed by atoms with van der Waals surface area (Å²) < 4.78 is 30.5. The largest absolute Gasteiger partial charge is 0 e. The standard InChI is InChI=1S/C25H22F2GeN.C5H8O2.Ir/c1-16-11-18(12-17-7-5-6-8-20(16)17)25-14-22(24(27)15-29-25)21-10-9-19(13-23(21)26)28(2,3)4;1-4(6)3-5(2)7;/h5-11,13-15H,1-4H3;3,6H,1-2H3;/q-1;;/b;4-3-;. The normalized spacial score (nSPS) is 11.4. The van der Waals surface area contributed by atoms with E-state index < -0.39 is 24.9 Å². The Morgan fingerprint density at radius 2 is 1.65 bits per heavy atom. The number of pyridine rings is 1. The monoisotopic (exact) mass is 741 g/mol. The van der Waals surface area contributed by atoms with Crippen LogP contribution in [0.2, 0.25) is 17.3 Å². The summed E-state index contributed by atoms with van der Waals surface area (Å²) in [5.41, 5.74) is 2.92. The predicted octanol–water partition coefficient (Wildman–Crippen LogP) is 7.54. The molecule has 0 aliphatic carbocycles. The maximum atomic E-state index is 14.9. The minimum absolute atomic E-state index is 0. The van der Waals surface area contributed by atoms with Crippen molar-refractivity contribution in [3.8, 4) is 22.4 Å². The van der Waals surface area contributed by atoms with Crippen LogP contribution in [-0.2, 0) is 24.9 Å². The van der Waals surface area contributed by atoms with Crippen LogP contribution in [-0.4, -0.2) is 29.1 Å². The van der Waals surface area contributed by atoms with Gasteiger partial charge in [-0.3, -0.25) is 4.79 Å². The van der Waals surface area contributed by atoms with Gasteiger partial charge in [0, 0.05) is 26.2 Å². The van der Waals surface area contributed by atoms with Crippen molar-refractivity contribution in [3.05, 3.63) is 95.9 Å².